The number of hydrogen-bond acceptors (Lipinski definition) is 3. The summed E-state index contributed by atoms with van der Waals surface area (Å²) in [7, 11) is 1.28. The Balaban J connectivity index is 2.37. The molecule has 0 spiro atoms. The van der Waals surface area contributed by atoms with Crippen molar-refractivity contribution in [3.63, 3.8) is 0 Å². The van der Waals surface area contributed by atoms with E-state index in [1.807, 2.05) is 6.92 Å². The Labute approximate surface area is 89.8 Å². The molecule has 1 heterocycles. The number of methoxy groups -OCH3 is 1. The Kier molecular flexibility index (Phi) is 3.94. The molecule has 5 nitrogen and oxygen atoms in total. The van der Waals surface area contributed by atoms with E-state index in [4.69, 9.17) is 0 Å². The molecule has 2 unspecified atom stereocenters. The highest BCUT2D eigenvalue weighted by atomic mass is 16.5. The molecule has 1 fully saturated rings. The number of hydrogen-bond donors (Lipinski definition) is 1. The molecule has 2 atom stereocenters. The summed E-state index contributed by atoms with van der Waals surface area (Å²) in [5.41, 5.74) is 0. The second-order valence-corrected chi connectivity index (χ2v) is 4.08. The van der Waals surface area contributed by atoms with Gasteiger partial charge in [0.2, 0.25) is 5.91 Å². The van der Waals surface area contributed by atoms with Crippen molar-refractivity contribution in [2.75, 3.05) is 20.2 Å². The Hall–Kier alpha value is -1.26. The fourth-order valence-electron chi connectivity index (χ4n) is 1.97. The Morgan fingerprint density at radius 1 is 1.47 bits per heavy atom. The summed E-state index contributed by atoms with van der Waals surface area (Å²) in [6, 6.07) is 0.270. The maximum atomic E-state index is 11.7. The van der Waals surface area contributed by atoms with E-state index in [9.17, 15) is 9.59 Å². The van der Waals surface area contributed by atoms with Crippen LogP contribution < -0.4 is 5.32 Å². The van der Waals surface area contributed by atoms with Crippen molar-refractivity contribution in [1.82, 2.24) is 10.2 Å². The highest BCUT2D eigenvalue weighted by Gasteiger charge is 2.29. The largest absolute Gasteiger partial charge is 0.453 e. The zero-order chi connectivity index (χ0) is 11.4. The lowest BCUT2D eigenvalue weighted by Crippen LogP contribution is -2.41. The van der Waals surface area contributed by atoms with E-state index in [2.05, 4.69) is 17.0 Å². The van der Waals surface area contributed by atoms with Crippen LogP contribution in [-0.4, -0.2) is 43.1 Å². The fourth-order valence-corrected chi connectivity index (χ4v) is 1.97. The number of carbonyl (C=O) groups excluding carboxylic acids is 2. The minimum Gasteiger partial charge on any atom is -0.453 e. The van der Waals surface area contributed by atoms with Gasteiger partial charge in [0.25, 0.3) is 0 Å². The van der Waals surface area contributed by atoms with Gasteiger partial charge in [0.1, 0.15) is 6.54 Å². The first-order valence-electron chi connectivity index (χ1n) is 5.16. The van der Waals surface area contributed by atoms with E-state index in [-0.39, 0.29) is 18.5 Å². The third-order valence-electron chi connectivity index (χ3n) is 2.67. The number of amides is 2. The van der Waals surface area contributed by atoms with E-state index in [1.165, 1.54) is 7.11 Å². The van der Waals surface area contributed by atoms with Crippen LogP contribution in [0.5, 0.6) is 0 Å². The first-order valence-corrected chi connectivity index (χ1v) is 5.16. The monoisotopic (exact) mass is 214 g/mol. The van der Waals surface area contributed by atoms with Gasteiger partial charge in [-0.05, 0) is 19.3 Å². The average Bonchev–Trinajstić information content (AvgIpc) is 2.53. The zero-order valence-corrected chi connectivity index (χ0v) is 9.45. The topological polar surface area (TPSA) is 58.6 Å². The highest BCUT2D eigenvalue weighted by molar-refractivity contribution is 5.82. The molecule has 0 saturated carbocycles. The van der Waals surface area contributed by atoms with Crippen molar-refractivity contribution in [1.29, 1.82) is 0 Å². The van der Waals surface area contributed by atoms with E-state index in [0.29, 0.717) is 5.92 Å². The van der Waals surface area contributed by atoms with Crippen LogP contribution in [0.25, 0.3) is 0 Å². The lowest BCUT2D eigenvalue weighted by Gasteiger charge is -2.21. The predicted octanol–water partition coefficient (Wildman–Crippen LogP) is 0.599. The number of carbonyl (C=O) groups is 2. The smallest absolute Gasteiger partial charge is 0.407 e. The highest BCUT2D eigenvalue weighted by Crippen LogP contribution is 2.21. The second kappa shape index (κ2) is 5.00. The Morgan fingerprint density at radius 3 is 2.60 bits per heavy atom. The molecule has 1 rings (SSSR count). The van der Waals surface area contributed by atoms with Gasteiger partial charge in [0.15, 0.2) is 0 Å². The first kappa shape index (κ1) is 11.8. The van der Waals surface area contributed by atoms with Crippen LogP contribution in [0.3, 0.4) is 0 Å². The standard InChI is InChI=1S/C10H18N2O3/c1-7-4-8(2)12(6-7)9(13)5-11-10(14)15-3/h7-8H,4-6H2,1-3H3,(H,11,14). The second-order valence-electron chi connectivity index (χ2n) is 4.08. The molecule has 0 bridgehead atoms. The Morgan fingerprint density at radius 2 is 2.13 bits per heavy atom. The van der Waals surface area contributed by atoms with E-state index < -0.39 is 6.09 Å². The number of ether oxygens (including phenoxy) is 1. The van der Waals surface area contributed by atoms with Crippen molar-refractivity contribution < 1.29 is 14.3 Å². The van der Waals surface area contributed by atoms with Gasteiger partial charge in [0, 0.05) is 12.6 Å². The molecule has 86 valence electrons. The molecule has 0 aliphatic carbocycles. The van der Waals surface area contributed by atoms with Gasteiger partial charge in [-0.2, -0.15) is 0 Å². The summed E-state index contributed by atoms with van der Waals surface area (Å²) in [6.07, 6.45) is 0.465. The predicted molar refractivity (Wildman–Crippen MR) is 55.4 cm³/mol. The average molecular weight is 214 g/mol. The minimum atomic E-state index is -0.566. The molecule has 0 aromatic carbocycles. The van der Waals surface area contributed by atoms with Gasteiger partial charge in [0.05, 0.1) is 7.11 Å². The summed E-state index contributed by atoms with van der Waals surface area (Å²) in [5, 5.41) is 2.39. The lowest BCUT2D eigenvalue weighted by molar-refractivity contribution is -0.130. The third-order valence-corrected chi connectivity index (χ3v) is 2.67. The van der Waals surface area contributed by atoms with Crippen LogP contribution in [0.2, 0.25) is 0 Å². The number of nitrogens with one attached hydrogen (secondary N) is 1. The van der Waals surface area contributed by atoms with E-state index in [0.717, 1.165) is 13.0 Å². The molecule has 5 heteroatoms. The molecule has 0 aromatic rings. The van der Waals surface area contributed by atoms with Crippen LogP contribution in [0.1, 0.15) is 20.3 Å². The summed E-state index contributed by atoms with van der Waals surface area (Å²) in [6.45, 7) is 4.95. The third kappa shape index (κ3) is 3.11. The normalized spacial score (nSPS) is 25.1. The molecule has 1 saturated heterocycles. The number of alkyl carbamates (subject to hydrolysis) is 1. The lowest BCUT2D eigenvalue weighted by atomic mass is 10.1. The van der Waals surface area contributed by atoms with Crippen LogP contribution in [0.4, 0.5) is 4.79 Å². The van der Waals surface area contributed by atoms with Crippen molar-refractivity contribution >= 4 is 12.0 Å². The molecule has 1 aliphatic heterocycles. The molecular formula is C10H18N2O3. The van der Waals surface area contributed by atoms with Gasteiger partial charge in [-0.15, -0.1) is 0 Å². The van der Waals surface area contributed by atoms with Gasteiger partial charge < -0.3 is 15.0 Å². The number of rotatable bonds is 2. The van der Waals surface area contributed by atoms with E-state index in [1.54, 1.807) is 4.90 Å². The summed E-state index contributed by atoms with van der Waals surface area (Å²) < 4.78 is 4.39. The first-order chi connectivity index (χ1) is 7.04. The Bertz CT molecular complexity index is 255. The van der Waals surface area contributed by atoms with Gasteiger partial charge >= 0.3 is 6.09 Å². The van der Waals surface area contributed by atoms with Crippen LogP contribution >= 0.6 is 0 Å². The number of likely N-dealkylation sites (tertiary alicyclic amines) is 1. The van der Waals surface area contributed by atoms with Gasteiger partial charge in [-0.25, -0.2) is 4.79 Å². The molecular weight excluding hydrogens is 196 g/mol. The van der Waals surface area contributed by atoms with Gasteiger partial charge in [-0.3, -0.25) is 4.79 Å². The van der Waals surface area contributed by atoms with Crippen molar-refractivity contribution in [3.8, 4) is 0 Å². The molecule has 0 aromatic heterocycles. The van der Waals surface area contributed by atoms with Crippen molar-refractivity contribution in [2.45, 2.75) is 26.3 Å². The quantitative estimate of drug-likeness (QED) is 0.732. The molecule has 1 aliphatic rings. The summed E-state index contributed by atoms with van der Waals surface area (Å²) in [5.74, 6) is 0.499. The maximum absolute atomic E-state index is 11.7. The maximum Gasteiger partial charge on any atom is 0.407 e. The van der Waals surface area contributed by atoms with Crippen LogP contribution in [-0.2, 0) is 9.53 Å². The molecule has 0 radical (unpaired) electrons. The fraction of sp³-hybridized carbons (Fsp3) is 0.800. The summed E-state index contributed by atoms with van der Waals surface area (Å²) in [4.78, 5) is 24.3. The van der Waals surface area contributed by atoms with Crippen molar-refractivity contribution in [2.24, 2.45) is 5.92 Å². The zero-order valence-electron chi connectivity index (χ0n) is 9.45. The van der Waals surface area contributed by atoms with Crippen LogP contribution in [0, 0.1) is 5.92 Å². The molecule has 1 N–H and O–H groups in total. The minimum absolute atomic E-state index is 0.0176. The molecule has 15 heavy (non-hydrogen) atoms. The van der Waals surface area contributed by atoms with Crippen molar-refractivity contribution in [3.05, 3.63) is 0 Å². The van der Waals surface area contributed by atoms with E-state index >= 15 is 0 Å². The SMILES string of the molecule is COC(=O)NCC(=O)N1CC(C)CC1C. The van der Waals surface area contributed by atoms with Crippen LogP contribution in [0.15, 0.2) is 0 Å². The van der Waals surface area contributed by atoms with Gasteiger partial charge in [-0.1, -0.05) is 6.92 Å². The summed E-state index contributed by atoms with van der Waals surface area (Å²) >= 11 is 0. The number of nitrogens with zero attached hydrogens (tertiary/aromatic N) is 1. The molecule has 2 amide bonds.